The van der Waals surface area contributed by atoms with Gasteiger partial charge in [-0.2, -0.15) is 0 Å². The molecule has 18 heavy (non-hydrogen) atoms. The van der Waals surface area contributed by atoms with E-state index in [0.717, 1.165) is 11.3 Å². The van der Waals surface area contributed by atoms with Crippen molar-refractivity contribution >= 4 is 28.8 Å². The highest BCUT2D eigenvalue weighted by Gasteiger charge is 2.26. The second-order valence-corrected chi connectivity index (χ2v) is 5.17. The van der Waals surface area contributed by atoms with Crippen LogP contribution in [0.4, 0.5) is 5.69 Å². The molecule has 0 bridgehead atoms. The van der Waals surface area contributed by atoms with Gasteiger partial charge in [-0.15, -0.1) is 0 Å². The fourth-order valence-corrected chi connectivity index (χ4v) is 1.76. The van der Waals surface area contributed by atoms with Crippen molar-refractivity contribution in [2.24, 2.45) is 11.1 Å². The van der Waals surface area contributed by atoms with Gasteiger partial charge in [-0.1, -0.05) is 24.4 Å². The zero-order valence-corrected chi connectivity index (χ0v) is 11.7. The van der Waals surface area contributed by atoms with Crippen LogP contribution in [0.15, 0.2) is 24.3 Å². The van der Waals surface area contributed by atoms with Gasteiger partial charge in [-0.3, -0.25) is 4.79 Å². The van der Waals surface area contributed by atoms with Crippen molar-refractivity contribution in [3.63, 3.8) is 0 Å². The molecular weight excluding hydrogens is 246 g/mol. The van der Waals surface area contributed by atoms with Crippen molar-refractivity contribution in [1.82, 2.24) is 5.32 Å². The van der Waals surface area contributed by atoms with Gasteiger partial charge < -0.3 is 16.4 Å². The molecule has 98 valence electrons. The Kier molecular flexibility index (Phi) is 4.67. The number of carbonyl (C=O) groups is 1. The molecule has 0 heterocycles. The second-order valence-electron chi connectivity index (χ2n) is 4.73. The van der Waals surface area contributed by atoms with Gasteiger partial charge in [0.1, 0.15) is 4.99 Å². The van der Waals surface area contributed by atoms with Crippen molar-refractivity contribution in [2.75, 3.05) is 18.9 Å². The lowest BCUT2D eigenvalue weighted by atomic mass is 9.92. The minimum atomic E-state index is -0.502. The molecule has 1 aromatic rings. The maximum atomic E-state index is 11.7. The van der Waals surface area contributed by atoms with Gasteiger partial charge in [0.15, 0.2) is 0 Å². The smallest absolute Gasteiger partial charge is 0.227 e. The molecule has 4 nitrogen and oxygen atoms in total. The number of benzene rings is 1. The highest BCUT2D eigenvalue weighted by molar-refractivity contribution is 7.80. The van der Waals surface area contributed by atoms with E-state index in [1.54, 1.807) is 7.05 Å². The zero-order valence-electron chi connectivity index (χ0n) is 10.9. The summed E-state index contributed by atoms with van der Waals surface area (Å²) in [6.45, 7) is 4.26. The summed E-state index contributed by atoms with van der Waals surface area (Å²) < 4.78 is 0. The molecule has 0 aliphatic rings. The van der Waals surface area contributed by atoms with E-state index in [4.69, 9.17) is 18.0 Å². The van der Waals surface area contributed by atoms with Crippen LogP contribution in [-0.4, -0.2) is 24.5 Å². The molecule has 1 amide bonds. The number of rotatable bonds is 5. The topological polar surface area (TPSA) is 67.2 Å². The summed E-state index contributed by atoms with van der Waals surface area (Å²) >= 11 is 4.99. The first kappa shape index (κ1) is 14.4. The van der Waals surface area contributed by atoms with Crippen molar-refractivity contribution < 1.29 is 4.79 Å². The number of nitrogens with one attached hydrogen (secondary N) is 2. The monoisotopic (exact) mass is 265 g/mol. The van der Waals surface area contributed by atoms with E-state index >= 15 is 0 Å². The standard InChI is InChI=1S/C13H19N3OS/c1-13(2,12(17)15-3)8-16-10-7-5-4-6-9(10)11(14)18/h4-7,16H,8H2,1-3H3,(H2,14,18)(H,15,17). The zero-order chi connectivity index (χ0) is 13.8. The number of hydrogen-bond donors (Lipinski definition) is 3. The number of anilines is 1. The van der Waals surface area contributed by atoms with E-state index in [2.05, 4.69) is 10.6 Å². The molecule has 0 radical (unpaired) electrons. The number of nitrogens with two attached hydrogens (primary N) is 1. The van der Waals surface area contributed by atoms with Gasteiger partial charge in [0.05, 0.1) is 5.41 Å². The normalized spacial score (nSPS) is 10.8. The Hall–Kier alpha value is -1.62. The molecule has 0 aliphatic heterocycles. The van der Waals surface area contributed by atoms with Gasteiger partial charge >= 0.3 is 0 Å². The Balaban J connectivity index is 2.81. The Labute approximate surface area is 113 Å². The maximum Gasteiger partial charge on any atom is 0.227 e. The number of carbonyl (C=O) groups excluding carboxylic acids is 1. The Morgan fingerprint density at radius 2 is 2.00 bits per heavy atom. The van der Waals surface area contributed by atoms with Crippen LogP contribution in [0.1, 0.15) is 19.4 Å². The molecule has 0 unspecified atom stereocenters. The van der Waals surface area contributed by atoms with E-state index in [1.807, 2.05) is 38.1 Å². The van der Waals surface area contributed by atoms with Gasteiger partial charge in [0.2, 0.25) is 5.91 Å². The molecule has 0 fully saturated rings. The highest BCUT2D eigenvalue weighted by atomic mass is 32.1. The third-order valence-electron chi connectivity index (χ3n) is 2.76. The summed E-state index contributed by atoms with van der Waals surface area (Å²) in [4.78, 5) is 12.0. The largest absolute Gasteiger partial charge is 0.389 e. The molecule has 4 N–H and O–H groups in total. The quantitative estimate of drug-likeness (QED) is 0.706. The number of thiocarbonyl (C=S) groups is 1. The predicted octanol–water partition coefficient (Wildman–Crippen LogP) is 1.50. The molecule has 0 saturated carbocycles. The first-order valence-corrected chi connectivity index (χ1v) is 6.14. The lowest BCUT2D eigenvalue weighted by molar-refractivity contribution is -0.128. The SMILES string of the molecule is CNC(=O)C(C)(C)CNc1ccccc1C(N)=S. The lowest BCUT2D eigenvalue weighted by Crippen LogP contribution is -2.39. The molecular formula is C13H19N3OS. The van der Waals surface area contributed by atoms with Crippen LogP contribution in [0.5, 0.6) is 0 Å². The van der Waals surface area contributed by atoms with Crippen LogP contribution in [0.25, 0.3) is 0 Å². The summed E-state index contributed by atoms with van der Waals surface area (Å²) in [6.07, 6.45) is 0. The van der Waals surface area contributed by atoms with Crippen LogP contribution in [0.3, 0.4) is 0 Å². The molecule has 0 spiro atoms. The predicted molar refractivity (Wildman–Crippen MR) is 78.7 cm³/mol. The Morgan fingerprint density at radius 1 is 1.39 bits per heavy atom. The van der Waals surface area contributed by atoms with Gasteiger partial charge in [0, 0.05) is 24.8 Å². The lowest BCUT2D eigenvalue weighted by Gasteiger charge is -2.24. The van der Waals surface area contributed by atoms with Gasteiger partial charge in [0.25, 0.3) is 0 Å². The number of hydrogen-bond acceptors (Lipinski definition) is 3. The highest BCUT2D eigenvalue weighted by Crippen LogP contribution is 2.20. The summed E-state index contributed by atoms with van der Waals surface area (Å²) in [5.74, 6) is -0.0113. The maximum absolute atomic E-state index is 11.7. The van der Waals surface area contributed by atoms with E-state index in [-0.39, 0.29) is 5.91 Å². The molecule has 1 rings (SSSR count). The summed E-state index contributed by atoms with van der Waals surface area (Å²) in [5, 5.41) is 5.87. The molecule has 0 saturated heterocycles. The van der Waals surface area contributed by atoms with Crippen molar-refractivity contribution in [3.05, 3.63) is 29.8 Å². The molecule has 0 aromatic heterocycles. The summed E-state index contributed by atoms with van der Waals surface area (Å²) in [5.41, 5.74) is 6.79. The number of para-hydroxylation sites is 1. The third kappa shape index (κ3) is 3.43. The van der Waals surface area contributed by atoms with Crippen LogP contribution in [0, 0.1) is 5.41 Å². The molecule has 0 aliphatic carbocycles. The van der Waals surface area contributed by atoms with Crippen molar-refractivity contribution in [2.45, 2.75) is 13.8 Å². The van der Waals surface area contributed by atoms with Crippen LogP contribution >= 0.6 is 12.2 Å². The summed E-state index contributed by atoms with van der Waals surface area (Å²) in [6, 6.07) is 7.53. The van der Waals surface area contributed by atoms with Gasteiger partial charge in [-0.25, -0.2) is 0 Å². The molecule has 1 aromatic carbocycles. The average molecular weight is 265 g/mol. The minimum absolute atomic E-state index is 0.0113. The molecule has 0 atom stereocenters. The fraction of sp³-hybridized carbons (Fsp3) is 0.385. The van der Waals surface area contributed by atoms with Crippen molar-refractivity contribution in [1.29, 1.82) is 0 Å². The van der Waals surface area contributed by atoms with Crippen LogP contribution in [0.2, 0.25) is 0 Å². The summed E-state index contributed by atoms with van der Waals surface area (Å²) in [7, 11) is 1.63. The van der Waals surface area contributed by atoms with Crippen molar-refractivity contribution in [3.8, 4) is 0 Å². The minimum Gasteiger partial charge on any atom is -0.389 e. The van der Waals surface area contributed by atoms with E-state index in [9.17, 15) is 4.79 Å². The van der Waals surface area contributed by atoms with Crippen LogP contribution in [-0.2, 0) is 4.79 Å². The molecule has 5 heteroatoms. The van der Waals surface area contributed by atoms with E-state index in [0.29, 0.717) is 11.5 Å². The van der Waals surface area contributed by atoms with Crippen LogP contribution < -0.4 is 16.4 Å². The fourth-order valence-electron chi connectivity index (χ4n) is 1.59. The third-order valence-corrected chi connectivity index (χ3v) is 2.97. The Bertz CT molecular complexity index is 457. The average Bonchev–Trinajstić information content (AvgIpc) is 2.35. The van der Waals surface area contributed by atoms with Gasteiger partial charge in [-0.05, 0) is 26.0 Å². The van der Waals surface area contributed by atoms with E-state index < -0.39 is 5.41 Å². The first-order chi connectivity index (χ1) is 8.38. The number of amides is 1. The van der Waals surface area contributed by atoms with E-state index in [1.165, 1.54) is 0 Å². The Morgan fingerprint density at radius 3 is 2.56 bits per heavy atom. The first-order valence-electron chi connectivity index (χ1n) is 5.73. The second kappa shape index (κ2) is 5.82.